The zero-order chi connectivity index (χ0) is 23.6. The fourth-order valence-corrected chi connectivity index (χ4v) is 4.65. The Morgan fingerprint density at radius 2 is 2.03 bits per heavy atom. The molecule has 0 saturated carbocycles. The van der Waals surface area contributed by atoms with Crippen molar-refractivity contribution in [3.63, 3.8) is 0 Å². The van der Waals surface area contributed by atoms with Crippen molar-refractivity contribution in [2.24, 2.45) is 0 Å². The van der Waals surface area contributed by atoms with Crippen LogP contribution in [0.15, 0.2) is 47.6 Å². The Kier molecular flexibility index (Phi) is 6.62. The van der Waals surface area contributed by atoms with Gasteiger partial charge in [-0.1, -0.05) is 19.6 Å². The van der Waals surface area contributed by atoms with Crippen LogP contribution in [0.2, 0.25) is 25.7 Å². The summed E-state index contributed by atoms with van der Waals surface area (Å²) in [6, 6.07) is 7.01. The number of fused-ring (bicyclic) bond motifs is 1. The topological polar surface area (TPSA) is 94.4 Å². The molecule has 4 aromatic heterocycles. The molecule has 0 aliphatic rings. The van der Waals surface area contributed by atoms with Crippen LogP contribution >= 0.6 is 15.9 Å². The Morgan fingerprint density at radius 3 is 2.76 bits per heavy atom. The van der Waals surface area contributed by atoms with E-state index in [-0.39, 0.29) is 12.5 Å². The molecule has 0 aliphatic heterocycles. The number of nitrogens with zero attached hydrogens (tertiary/aromatic N) is 7. The smallest absolute Gasteiger partial charge is 0.179 e. The molecule has 8 nitrogen and oxygen atoms in total. The molecule has 4 aromatic rings. The first-order valence-corrected chi connectivity index (χ1v) is 15.3. The molecule has 0 N–H and O–H groups in total. The van der Waals surface area contributed by atoms with Crippen LogP contribution in [0.1, 0.15) is 23.9 Å². The van der Waals surface area contributed by atoms with Crippen LogP contribution in [0, 0.1) is 18.3 Å². The number of halogens is 1. The molecule has 10 heteroatoms. The van der Waals surface area contributed by atoms with Gasteiger partial charge in [0.2, 0.25) is 0 Å². The van der Waals surface area contributed by atoms with Crippen molar-refractivity contribution in [1.29, 1.82) is 5.26 Å². The Hall–Kier alpha value is -3.03. The molecule has 4 rings (SSSR count). The zero-order valence-corrected chi connectivity index (χ0v) is 21.7. The van der Waals surface area contributed by atoms with E-state index in [9.17, 15) is 5.26 Å². The Balaban J connectivity index is 1.68. The number of nitriles is 1. The van der Waals surface area contributed by atoms with E-state index in [0.717, 1.165) is 38.4 Å². The molecule has 0 saturated heterocycles. The lowest BCUT2D eigenvalue weighted by molar-refractivity contribution is 0.130. The van der Waals surface area contributed by atoms with Gasteiger partial charge in [-0.2, -0.15) is 15.1 Å². The van der Waals surface area contributed by atoms with Crippen molar-refractivity contribution < 1.29 is 4.84 Å². The molecule has 1 atom stereocenters. The SMILES string of the molecule is Cc1nc(-c2cnn(C(CC#N)c3cncc(Br)c3)c2)c2ccn(OCC[Si](C)(C)C)c2n1. The molecule has 170 valence electrons. The highest BCUT2D eigenvalue weighted by atomic mass is 79.9. The van der Waals surface area contributed by atoms with Crippen molar-refractivity contribution in [2.75, 3.05) is 6.61 Å². The maximum atomic E-state index is 9.40. The lowest BCUT2D eigenvalue weighted by Crippen LogP contribution is -2.25. The lowest BCUT2D eigenvalue weighted by atomic mass is 10.1. The van der Waals surface area contributed by atoms with Gasteiger partial charge in [0.1, 0.15) is 12.4 Å². The summed E-state index contributed by atoms with van der Waals surface area (Å²) in [6.45, 7) is 9.52. The minimum absolute atomic E-state index is 0.248. The van der Waals surface area contributed by atoms with E-state index in [1.807, 2.05) is 31.5 Å². The molecular formula is C23H26BrN7OSi. The Labute approximate surface area is 202 Å². The largest absolute Gasteiger partial charge is 0.413 e. The molecular weight excluding hydrogens is 498 g/mol. The van der Waals surface area contributed by atoms with Crippen LogP contribution in [0.4, 0.5) is 0 Å². The third-order valence-electron chi connectivity index (χ3n) is 5.29. The summed E-state index contributed by atoms with van der Waals surface area (Å²) in [5.41, 5.74) is 3.30. The monoisotopic (exact) mass is 523 g/mol. The number of rotatable bonds is 8. The van der Waals surface area contributed by atoms with Crippen molar-refractivity contribution in [1.82, 2.24) is 29.5 Å². The van der Waals surface area contributed by atoms with E-state index >= 15 is 0 Å². The second kappa shape index (κ2) is 9.45. The predicted molar refractivity (Wildman–Crippen MR) is 133 cm³/mol. The van der Waals surface area contributed by atoms with Gasteiger partial charge in [-0.15, -0.1) is 0 Å². The van der Waals surface area contributed by atoms with Crippen LogP contribution in [-0.2, 0) is 0 Å². The summed E-state index contributed by atoms with van der Waals surface area (Å²) < 4.78 is 4.40. The molecule has 0 bridgehead atoms. The number of hydrogen-bond donors (Lipinski definition) is 0. The number of hydrogen-bond acceptors (Lipinski definition) is 6. The maximum absolute atomic E-state index is 9.40. The first-order chi connectivity index (χ1) is 15.7. The number of pyridine rings is 1. The highest BCUT2D eigenvalue weighted by Crippen LogP contribution is 2.29. The van der Waals surface area contributed by atoms with Gasteiger partial charge in [-0.05, 0) is 46.6 Å². The fourth-order valence-electron chi connectivity index (χ4n) is 3.57. The molecule has 0 radical (unpaired) electrons. The molecule has 1 unspecified atom stereocenters. The standard InChI is InChI=1S/C23H26BrN7OSi/c1-16-28-22(20-6-8-31(23(20)29-16)32-9-10-33(2,3)4)18-13-27-30(15-18)21(5-7-25)17-11-19(24)14-26-12-17/h6,8,11-15,21H,5,9-10H2,1-4H3. The molecule has 4 heterocycles. The summed E-state index contributed by atoms with van der Waals surface area (Å²) >= 11 is 3.46. The Morgan fingerprint density at radius 1 is 1.21 bits per heavy atom. The maximum Gasteiger partial charge on any atom is 0.179 e. The van der Waals surface area contributed by atoms with Crippen molar-refractivity contribution in [3.05, 3.63) is 59.0 Å². The quantitative estimate of drug-likeness (QED) is 0.300. The minimum Gasteiger partial charge on any atom is -0.413 e. The second-order valence-electron chi connectivity index (χ2n) is 9.17. The first-order valence-electron chi connectivity index (χ1n) is 10.8. The van der Waals surface area contributed by atoms with Crippen LogP contribution < -0.4 is 4.84 Å². The van der Waals surface area contributed by atoms with Crippen molar-refractivity contribution >= 4 is 35.0 Å². The first kappa shape index (κ1) is 23.1. The van der Waals surface area contributed by atoms with E-state index < -0.39 is 8.07 Å². The van der Waals surface area contributed by atoms with Gasteiger partial charge in [-0.25, -0.2) is 9.97 Å². The zero-order valence-electron chi connectivity index (χ0n) is 19.2. The summed E-state index contributed by atoms with van der Waals surface area (Å²) in [5.74, 6) is 0.656. The van der Waals surface area contributed by atoms with Crippen LogP contribution in [0.25, 0.3) is 22.3 Å². The van der Waals surface area contributed by atoms with Crippen LogP contribution in [0.5, 0.6) is 0 Å². The number of aromatic nitrogens is 6. The van der Waals surface area contributed by atoms with Crippen LogP contribution in [-0.4, -0.2) is 44.1 Å². The van der Waals surface area contributed by atoms with Gasteiger partial charge in [0.05, 0.1) is 30.4 Å². The van der Waals surface area contributed by atoms with E-state index in [1.165, 1.54) is 0 Å². The summed E-state index contributed by atoms with van der Waals surface area (Å²) in [5, 5.41) is 14.9. The third-order valence-corrected chi connectivity index (χ3v) is 7.43. The molecule has 0 fully saturated rings. The molecule has 0 spiro atoms. The normalized spacial score (nSPS) is 12.6. The fraction of sp³-hybridized carbons (Fsp3) is 0.348. The van der Waals surface area contributed by atoms with Gasteiger partial charge in [0, 0.05) is 48.3 Å². The van der Waals surface area contributed by atoms with Gasteiger partial charge in [0.15, 0.2) is 5.65 Å². The van der Waals surface area contributed by atoms with Crippen molar-refractivity contribution in [2.45, 2.75) is 45.1 Å². The van der Waals surface area contributed by atoms with Crippen molar-refractivity contribution in [3.8, 4) is 17.3 Å². The van der Waals surface area contributed by atoms with Gasteiger partial charge in [-0.3, -0.25) is 9.67 Å². The van der Waals surface area contributed by atoms with Crippen LogP contribution in [0.3, 0.4) is 0 Å². The summed E-state index contributed by atoms with van der Waals surface area (Å²) in [4.78, 5) is 19.6. The number of aryl methyl sites for hydroxylation is 1. The summed E-state index contributed by atoms with van der Waals surface area (Å²) in [7, 11) is -1.19. The summed E-state index contributed by atoms with van der Waals surface area (Å²) in [6.07, 6.45) is 9.35. The molecule has 0 amide bonds. The molecule has 33 heavy (non-hydrogen) atoms. The lowest BCUT2D eigenvalue weighted by Gasteiger charge is -2.16. The average Bonchev–Trinajstić information content (AvgIpc) is 3.38. The van der Waals surface area contributed by atoms with E-state index in [1.54, 1.807) is 28.0 Å². The average molecular weight is 524 g/mol. The minimum atomic E-state index is -1.19. The highest BCUT2D eigenvalue weighted by Gasteiger charge is 2.19. The highest BCUT2D eigenvalue weighted by molar-refractivity contribution is 9.10. The van der Waals surface area contributed by atoms with Gasteiger partial charge >= 0.3 is 0 Å². The molecule has 0 aromatic carbocycles. The van der Waals surface area contributed by atoms with Gasteiger partial charge in [0.25, 0.3) is 0 Å². The second-order valence-corrected chi connectivity index (χ2v) is 15.7. The Bertz CT molecular complexity index is 1320. The van der Waals surface area contributed by atoms with E-state index in [4.69, 9.17) is 9.82 Å². The third kappa shape index (κ3) is 5.31. The van der Waals surface area contributed by atoms with E-state index in [2.05, 4.69) is 56.7 Å². The predicted octanol–water partition coefficient (Wildman–Crippen LogP) is 5.03. The van der Waals surface area contributed by atoms with Gasteiger partial charge < -0.3 is 4.84 Å². The van der Waals surface area contributed by atoms with E-state index in [0.29, 0.717) is 12.4 Å². The molecule has 0 aliphatic carbocycles.